The van der Waals surface area contributed by atoms with Crippen LogP contribution in [0.2, 0.25) is 0 Å². The fraction of sp³-hybridized carbons (Fsp3) is 0.333. The SMILES string of the molecule is C=CC(O)Nc1cc(-c2c(-c3ccc(N4CCN(C)CC4)cc3)[nH]c3ncc(C(=O)OC(C)C)cc23)c(C)cc1C. The number of esters is 1. The molecule has 1 aliphatic rings. The average Bonchev–Trinajstić information content (AvgIpc) is 3.33. The van der Waals surface area contributed by atoms with Gasteiger partial charge in [0.15, 0.2) is 0 Å². The molecule has 3 N–H and O–H groups in total. The molecule has 1 unspecified atom stereocenters. The Hall–Kier alpha value is -4.14. The second-order valence-electron chi connectivity index (χ2n) is 11.1. The Bertz CT molecular complexity index is 1570. The first kappa shape index (κ1) is 28.4. The minimum absolute atomic E-state index is 0.234. The number of nitrogens with one attached hydrogen (secondary N) is 2. The summed E-state index contributed by atoms with van der Waals surface area (Å²) in [4.78, 5) is 25.8. The highest BCUT2D eigenvalue weighted by atomic mass is 16.5. The summed E-state index contributed by atoms with van der Waals surface area (Å²) in [5.74, 6) is -0.406. The van der Waals surface area contributed by atoms with E-state index in [1.165, 1.54) is 11.8 Å². The van der Waals surface area contributed by atoms with Crippen LogP contribution >= 0.6 is 0 Å². The van der Waals surface area contributed by atoms with Gasteiger partial charge in [-0.3, -0.25) is 0 Å². The monoisotopic (exact) mass is 553 g/mol. The van der Waals surface area contributed by atoms with E-state index in [9.17, 15) is 9.90 Å². The number of nitrogens with zero attached hydrogens (tertiary/aromatic N) is 3. The van der Waals surface area contributed by atoms with E-state index in [0.717, 1.165) is 70.8 Å². The van der Waals surface area contributed by atoms with Gasteiger partial charge in [-0.05, 0) is 87.3 Å². The number of carbonyl (C=O) groups is 1. The Morgan fingerprint density at radius 1 is 1.10 bits per heavy atom. The van der Waals surface area contributed by atoms with Gasteiger partial charge >= 0.3 is 5.97 Å². The van der Waals surface area contributed by atoms with Crippen molar-refractivity contribution >= 4 is 28.4 Å². The van der Waals surface area contributed by atoms with Crippen LogP contribution < -0.4 is 10.2 Å². The van der Waals surface area contributed by atoms with Crippen LogP contribution in [-0.4, -0.2) is 71.5 Å². The predicted octanol–water partition coefficient (Wildman–Crippen LogP) is 5.75. The number of hydrogen-bond acceptors (Lipinski definition) is 7. The van der Waals surface area contributed by atoms with Gasteiger partial charge in [-0.1, -0.05) is 24.8 Å². The second-order valence-corrected chi connectivity index (χ2v) is 11.1. The number of likely N-dealkylation sites (N-methyl/N-ethyl adjacent to an activating group) is 1. The number of fused-ring (bicyclic) bond motifs is 1. The van der Waals surface area contributed by atoms with Crippen molar-refractivity contribution in [1.29, 1.82) is 0 Å². The van der Waals surface area contributed by atoms with Gasteiger partial charge < -0.3 is 29.9 Å². The van der Waals surface area contributed by atoms with E-state index >= 15 is 0 Å². The minimum atomic E-state index is -0.882. The number of piperazine rings is 1. The maximum atomic E-state index is 12.8. The van der Waals surface area contributed by atoms with E-state index in [2.05, 4.69) is 76.0 Å². The number of pyridine rings is 1. The molecular formula is C33H39N5O3. The number of aryl methyl sites for hydroxylation is 2. The van der Waals surface area contributed by atoms with E-state index < -0.39 is 12.2 Å². The lowest BCUT2D eigenvalue weighted by atomic mass is 9.93. The maximum absolute atomic E-state index is 12.8. The van der Waals surface area contributed by atoms with Crippen LogP contribution in [0.25, 0.3) is 33.4 Å². The maximum Gasteiger partial charge on any atom is 0.339 e. The molecule has 1 aliphatic heterocycles. The van der Waals surface area contributed by atoms with Gasteiger partial charge in [0.25, 0.3) is 0 Å². The van der Waals surface area contributed by atoms with Crippen molar-refractivity contribution in [2.75, 3.05) is 43.4 Å². The van der Waals surface area contributed by atoms with E-state index in [4.69, 9.17) is 4.74 Å². The van der Waals surface area contributed by atoms with Crippen LogP contribution in [0.1, 0.15) is 35.3 Å². The number of hydrogen-bond donors (Lipinski definition) is 3. The largest absolute Gasteiger partial charge is 0.459 e. The molecule has 2 aromatic heterocycles. The summed E-state index contributed by atoms with van der Waals surface area (Å²) in [6.07, 6.45) is 1.90. The summed E-state index contributed by atoms with van der Waals surface area (Å²) in [7, 11) is 2.16. The minimum Gasteiger partial charge on any atom is -0.459 e. The normalized spacial score (nSPS) is 14.9. The quantitative estimate of drug-likeness (QED) is 0.145. The predicted molar refractivity (Wildman–Crippen MR) is 167 cm³/mol. The molecule has 214 valence electrons. The lowest BCUT2D eigenvalue weighted by molar-refractivity contribution is 0.0377. The standard InChI is InChI=1S/C33H39N5O3/c1-7-29(39)35-28-18-26(21(4)16-22(28)5)30-27-17-24(33(40)41-20(2)3)19-34-32(27)36-31(30)23-8-10-25(11-9-23)38-14-12-37(6)13-15-38/h7-11,16-20,29,35,39H,1,12-15H2,2-6H3,(H,34,36). The van der Waals surface area contributed by atoms with Gasteiger partial charge in [0.2, 0.25) is 0 Å². The Labute approximate surface area is 241 Å². The topological polar surface area (TPSA) is 93.7 Å². The molecule has 8 nitrogen and oxygen atoms in total. The van der Waals surface area contributed by atoms with Crippen molar-refractivity contribution in [2.45, 2.75) is 40.0 Å². The summed E-state index contributed by atoms with van der Waals surface area (Å²) in [6.45, 7) is 15.5. The Morgan fingerprint density at radius 3 is 2.46 bits per heavy atom. The fourth-order valence-corrected chi connectivity index (χ4v) is 5.36. The molecule has 1 atom stereocenters. The molecule has 1 saturated heterocycles. The summed E-state index contributed by atoms with van der Waals surface area (Å²) >= 11 is 0. The van der Waals surface area contributed by atoms with Gasteiger partial charge in [-0.25, -0.2) is 9.78 Å². The molecule has 8 heteroatoms. The van der Waals surface area contributed by atoms with Crippen LogP contribution in [-0.2, 0) is 4.74 Å². The van der Waals surface area contributed by atoms with Crippen molar-refractivity contribution in [1.82, 2.24) is 14.9 Å². The van der Waals surface area contributed by atoms with E-state index in [1.54, 1.807) is 6.20 Å². The Kier molecular flexibility index (Phi) is 8.15. The molecule has 5 rings (SSSR count). The molecule has 2 aromatic carbocycles. The first-order chi connectivity index (χ1) is 19.6. The zero-order chi connectivity index (χ0) is 29.3. The van der Waals surface area contributed by atoms with E-state index in [-0.39, 0.29) is 6.10 Å². The van der Waals surface area contributed by atoms with Crippen LogP contribution in [0.3, 0.4) is 0 Å². The number of anilines is 2. The number of aromatic nitrogens is 2. The number of carbonyl (C=O) groups excluding carboxylic acids is 1. The highest BCUT2D eigenvalue weighted by molar-refractivity contribution is 6.06. The van der Waals surface area contributed by atoms with Crippen molar-refractivity contribution < 1.29 is 14.6 Å². The first-order valence-corrected chi connectivity index (χ1v) is 14.1. The molecular weight excluding hydrogens is 514 g/mol. The zero-order valence-corrected chi connectivity index (χ0v) is 24.5. The van der Waals surface area contributed by atoms with Crippen LogP contribution in [0, 0.1) is 13.8 Å². The number of aromatic amines is 1. The third-order valence-electron chi connectivity index (χ3n) is 7.62. The van der Waals surface area contributed by atoms with Gasteiger partial charge in [-0.2, -0.15) is 0 Å². The number of aliphatic hydroxyl groups excluding tert-OH is 1. The molecule has 0 radical (unpaired) electrons. The van der Waals surface area contributed by atoms with Crippen molar-refractivity contribution in [3.05, 3.63) is 78.0 Å². The van der Waals surface area contributed by atoms with Gasteiger partial charge in [0, 0.05) is 54.7 Å². The molecule has 0 bridgehead atoms. The Balaban J connectivity index is 1.65. The molecule has 1 fully saturated rings. The van der Waals surface area contributed by atoms with Crippen LogP contribution in [0.4, 0.5) is 11.4 Å². The lowest BCUT2D eigenvalue weighted by Crippen LogP contribution is -2.44. The number of benzene rings is 2. The molecule has 41 heavy (non-hydrogen) atoms. The lowest BCUT2D eigenvalue weighted by Gasteiger charge is -2.34. The first-order valence-electron chi connectivity index (χ1n) is 14.1. The van der Waals surface area contributed by atoms with Crippen LogP contribution in [0.15, 0.2) is 61.3 Å². The number of ether oxygens (including phenoxy) is 1. The molecule has 3 heterocycles. The van der Waals surface area contributed by atoms with Crippen LogP contribution in [0.5, 0.6) is 0 Å². The number of rotatable bonds is 8. The van der Waals surface area contributed by atoms with E-state index in [1.807, 2.05) is 32.9 Å². The zero-order valence-electron chi connectivity index (χ0n) is 24.5. The highest BCUT2D eigenvalue weighted by Crippen LogP contribution is 2.41. The van der Waals surface area contributed by atoms with Crippen molar-refractivity contribution in [3.63, 3.8) is 0 Å². The average molecular weight is 554 g/mol. The molecule has 0 saturated carbocycles. The summed E-state index contributed by atoms with van der Waals surface area (Å²) in [5, 5.41) is 14.2. The highest BCUT2D eigenvalue weighted by Gasteiger charge is 2.22. The smallest absolute Gasteiger partial charge is 0.339 e. The third kappa shape index (κ3) is 5.99. The fourth-order valence-electron chi connectivity index (χ4n) is 5.36. The van der Waals surface area contributed by atoms with Gasteiger partial charge in [0.1, 0.15) is 11.9 Å². The summed E-state index contributed by atoms with van der Waals surface area (Å²) < 4.78 is 5.47. The summed E-state index contributed by atoms with van der Waals surface area (Å²) in [6, 6.07) is 14.6. The molecule has 0 spiro atoms. The molecule has 4 aromatic rings. The van der Waals surface area contributed by atoms with Gasteiger partial charge in [-0.15, -0.1) is 0 Å². The second kappa shape index (κ2) is 11.8. The number of aliphatic hydroxyl groups is 1. The van der Waals surface area contributed by atoms with E-state index in [0.29, 0.717) is 11.2 Å². The van der Waals surface area contributed by atoms with Crippen molar-refractivity contribution in [3.8, 4) is 22.4 Å². The third-order valence-corrected chi connectivity index (χ3v) is 7.62. The number of H-pyrrole nitrogens is 1. The van der Waals surface area contributed by atoms with Crippen molar-refractivity contribution in [2.24, 2.45) is 0 Å². The molecule has 0 amide bonds. The summed E-state index contributed by atoms with van der Waals surface area (Å²) in [5.41, 5.74) is 8.98. The molecule has 0 aliphatic carbocycles. The van der Waals surface area contributed by atoms with Gasteiger partial charge in [0.05, 0.1) is 17.4 Å². The Morgan fingerprint density at radius 2 is 1.80 bits per heavy atom.